The Morgan fingerprint density at radius 2 is 2.03 bits per heavy atom. The number of nitrogens with zero attached hydrogens (tertiary/aromatic N) is 1. The van der Waals surface area contributed by atoms with Crippen LogP contribution in [0, 0.1) is 11.3 Å². The number of nitrogens with two attached hydrogens (primary N) is 1. The van der Waals surface area contributed by atoms with Crippen LogP contribution >= 0.6 is 0 Å². The highest BCUT2D eigenvalue weighted by Crippen LogP contribution is 2.33. The van der Waals surface area contributed by atoms with Gasteiger partial charge in [-0.25, -0.2) is 0 Å². The maximum Gasteiger partial charge on any atom is 0.227 e. The van der Waals surface area contributed by atoms with Gasteiger partial charge in [-0.2, -0.15) is 0 Å². The summed E-state index contributed by atoms with van der Waals surface area (Å²) in [5.41, 5.74) is 7.90. The van der Waals surface area contributed by atoms with E-state index < -0.39 is 17.6 Å². The second kappa shape index (κ2) is 13.9. The summed E-state index contributed by atoms with van der Waals surface area (Å²) in [7, 11) is 1.58. The molecule has 0 saturated carbocycles. The molecule has 0 aliphatic carbocycles. The second-order valence-corrected chi connectivity index (χ2v) is 10.6. The van der Waals surface area contributed by atoms with Crippen molar-refractivity contribution in [3.63, 3.8) is 0 Å². The summed E-state index contributed by atoms with van der Waals surface area (Å²) in [5, 5.41) is 13.6. The number of para-hydroxylation sites is 1. The van der Waals surface area contributed by atoms with E-state index in [1.54, 1.807) is 12.0 Å². The SMILES string of the molecule is CCCCNC(=O)[C@H](C)C[C@H](O)[C@@H](N)CC(C)(C)CC(=O)N1CC(OCOC)Cc2ccccc21. The van der Waals surface area contributed by atoms with Crippen LogP contribution in [0.25, 0.3) is 0 Å². The molecule has 1 aliphatic heterocycles. The largest absolute Gasteiger partial charge is 0.391 e. The molecule has 0 saturated heterocycles. The normalized spacial score (nSPS) is 18.5. The molecule has 4 N–H and O–H groups in total. The number of hydrogen-bond donors (Lipinski definition) is 3. The fourth-order valence-corrected chi connectivity index (χ4v) is 4.63. The Labute approximate surface area is 210 Å². The molecule has 4 atom stereocenters. The smallest absolute Gasteiger partial charge is 0.227 e. The lowest BCUT2D eigenvalue weighted by atomic mass is 9.79. The first-order valence-corrected chi connectivity index (χ1v) is 12.8. The Balaban J connectivity index is 1.96. The summed E-state index contributed by atoms with van der Waals surface area (Å²) in [6.45, 7) is 9.16. The maximum atomic E-state index is 13.4. The lowest BCUT2D eigenvalue weighted by molar-refractivity contribution is -0.125. The van der Waals surface area contributed by atoms with Crippen molar-refractivity contribution in [3.05, 3.63) is 29.8 Å². The fourth-order valence-electron chi connectivity index (χ4n) is 4.63. The number of rotatable bonds is 14. The average Bonchev–Trinajstić information content (AvgIpc) is 2.81. The minimum atomic E-state index is -0.821. The predicted molar refractivity (Wildman–Crippen MR) is 138 cm³/mol. The number of amides is 2. The molecule has 1 unspecified atom stereocenters. The van der Waals surface area contributed by atoms with Crippen LogP contribution in [0.3, 0.4) is 0 Å². The summed E-state index contributed by atoms with van der Waals surface area (Å²) in [4.78, 5) is 27.5. The van der Waals surface area contributed by atoms with Crippen molar-refractivity contribution in [2.75, 3.05) is 31.9 Å². The molecule has 0 fully saturated rings. The number of aliphatic hydroxyl groups is 1. The number of carbonyl (C=O) groups excluding carboxylic acids is 2. The topological polar surface area (TPSA) is 114 Å². The third-order valence-corrected chi connectivity index (χ3v) is 6.62. The van der Waals surface area contributed by atoms with Gasteiger partial charge in [0.25, 0.3) is 0 Å². The van der Waals surface area contributed by atoms with Gasteiger partial charge in [0.1, 0.15) is 6.79 Å². The summed E-state index contributed by atoms with van der Waals surface area (Å²) in [5.74, 6) is -0.391. The molecule has 0 spiro atoms. The number of benzene rings is 1. The lowest BCUT2D eigenvalue weighted by Crippen LogP contribution is -2.46. The van der Waals surface area contributed by atoms with Crippen LogP contribution in [-0.2, 0) is 25.5 Å². The van der Waals surface area contributed by atoms with E-state index in [9.17, 15) is 14.7 Å². The van der Waals surface area contributed by atoms with Crippen molar-refractivity contribution in [1.29, 1.82) is 0 Å². The van der Waals surface area contributed by atoms with Crippen molar-refractivity contribution in [2.45, 2.75) is 84.5 Å². The monoisotopic (exact) mass is 491 g/mol. The third-order valence-electron chi connectivity index (χ3n) is 6.62. The average molecular weight is 492 g/mol. The number of aliphatic hydroxyl groups excluding tert-OH is 1. The Kier molecular flexibility index (Phi) is 11.6. The molecular weight excluding hydrogens is 446 g/mol. The van der Waals surface area contributed by atoms with Gasteiger partial charge in [0.05, 0.1) is 18.8 Å². The third kappa shape index (κ3) is 9.18. The van der Waals surface area contributed by atoms with E-state index in [0.29, 0.717) is 25.9 Å². The van der Waals surface area contributed by atoms with Crippen LogP contribution < -0.4 is 16.0 Å². The number of nitrogens with one attached hydrogen (secondary N) is 1. The van der Waals surface area contributed by atoms with E-state index in [1.807, 2.05) is 45.0 Å². The molecule has 0 bridgehead atoms. The van der Waals surface area contributed by atoms with Crippen molar-refractivity contribution >= 4 is 17.5 Å². The molecule has 2 amide bonds. The van der Waals surface area contributed by atoms with Gasteiger partial charge in [-0.05, 0) is 36.3 Å². The zero-order chi connectivity index (χ0) is 26.0. The molecule has 8 nitrogen and oxygen atoms in total. The van der Waals surface area contributed by atoms with E-state index in [4.69, 9.17) is 15.2 Å². The first-order valence-electron chi connectivity index (χ1n) is 12.8. The predicted octanol–water partition coefficient (Wildman–Crippen LogP) is 3.00. The molecule has 0 aromatic heterocycles. The van der Waals surface area contributed by atoms with Crippen LogP contribution in [-0.4, -0.2) is 62.2 Å². The van der Waals surface area contributed by atoms with Crippen LogP contribution in [0.1, 0.15) is 65.4 Å². The number of methoxy groups -OCH3 is 1. The molecule has 8 heteroatoms. The number of anilines is 1. The van der Waals surface area contributed by atoms with E-state index in [1.165, 1.54) is 0 Å². The fraction of sp³-hybridized carbons (Fsp3) is 0.704. The van der Waals surface area contributed by atoms with Crippen molar-refractivity contribution < 1.29 is 24.2 Å². The number of hydrogen-bond acceptors (Lipinski definition) is 6. The summed E-state index contributed by atoms with van der Waals surface area (Å²) in [6.07, 6.45) is 2.76. The van der Waals surface area contributed by atoms with Crippen LogP contribution in [0.5, 0.6) is 0 Å². The highest BCUT2D eigenvalue weighted by atomic mass is 16.7. The standard InChI is InChI=1S/C27H45N3O5/c1-6-7-12-29-26(33)19(2)13-24(31)22(28)15-27(3,4)16-25(32)30-17-21(35-18-34-5)14-20-10-8-9-11-23(20)30/h8-11,19,21-22,24,31H,6-7,12-18,28H2,1-5H3,(H,29,33)/t19-,21?,22+,24+/m1/s1. The molecule has 0 radical (unpaired) electrons. The number of fused-ring (bicyclic) bond motifs is 1. The van der Waals surface area contributed by atoms with Crippen LogP contribution in [0.4, 0.5) is 5.69 Å². The van der Waals surface area contributed by atoms with E-state index in [-0.39, 0.29) is 37.0 Å². The summed E-state index contributed by atoms with van der Waals surface area (Å²) < 4.78 is 10.8. The first-order chi connectivity index (χ1) is 16.6. The number of ether oxygens (including phenoxy) is 2. The molecule has 1 aromatic carbocycles. The van der Waals surface area contributed by atoms with Gasteiger partial charge in [-0.1, -0.05) is 52.3 Å². The van der Waals surface area contributed by atoms with E-state index in [2.05, 4.69) is 12.2 Å². The molecule has 1 heterocycles. The molecule has 35 heavy (non-hydrogen) atoms. The minimum absolute atomic E-state index is 0.00136. The van der Waals surface area contributed by atoms with Gasteiger partial charge in [0.2, 0.25) is 11.8 Å². The maximum absolute atomic E-state index is 13.4. The Bertz CT molecular complexity index is 816. The van der Waals surface area contributed by atoms with Crippen LogP contribution in [0.15, 0.2) is 24.3 Å². The van der Waals surface area contributed by atoms with Crippen molar-refractivity contribution in [2.24, 2.45) is 17.1 Å². The second-order valence-electron chi connectivity index (χ2n) is 10.6. The van der Waals surface area contributed by atoms with Crippen LogP contribution in [0.2, 0.25) is 0 Å². The van der Waals surface area contributed by atoms with Gasteiger partial charge in [0.15, 0.2) is 0 Å². The van der Waals surface area contributed by atoms with Gasteiger partial charge >= 0.3 is 0 Å². The Hall–Kier alpha value is -2.00. The quantitative estimate of drug-likeness (QED) is 0.272. The van der Waals surface area contributed by atoms with E-state index in [0.717, 1.165) is 30.5 Å². The zero-order valence-corrected chi connectivity index (χ0v) is 22.1. The Morgan fingerprint density at radius 3 is 2.71 bits per heavy atom. The number of unbranched alkanes of at least 4 members (excludes halogenated alkanes) is 1. The minimum Gasteiger partial charge on any atom is -0.391 e. The molecular formula is C27H45N3O5. The molecule has 1 aromatic rings. The first kappa shape index (κ1) is 29.2. The summed E-state index contributed by atoms with van der Waals surface area (Å²) in [6, 6.07) is 7.36. The van der Waals surface area contributed by atoms with Gasteiger partial charge in [-0.15, -0.1) is 0 Å². The zero-order valence-electron chi connectivity index (χ0n) is 22.1. The highest BCUT2D eigenvalue weighted by Gasteiger charge is 2.34. The van der Waals surface area contributed by atoms with Gasteiger partial charge in [0, 0.05) is 44.1 Å². The summed E-state index contributed by atoms with van der Waals surface area (Å²) >= 11 is 0. The van der Waals surface area contributed by atoms with Gasteiger partial charge in [-0.3, -0.25) is 9.59 Å². The van der Waals surface area contributed by atoms with Gasteiger partial charge < -0.3 is 30.5 Å². The molecule has 2 rings (SSSR count). The lowest BCUT2D eigenvalue weighted by Gasteiger charge is -2.37. The van der Waals surface area contributed by atoms with Crippen molar-refractivity contribution in [3.8, 4) is 0 Å². The number of carbonyl (C=O) groups is 2. The molecule has 1 aliphatic rings. The highest BCUT2D eigenvalue weighted by molar-refractivity contribution is 5.95. The van der Waals surface area contributed by atoms with E-state index >= 15 is 0 Å². The van der Waals surface area contributed by atoms with Crippen molar-refractivity contribution in [1.82, 2.24) is 5.32 Å². The Morgan fingerprint density at radius 1 is 1.31 bits per heavy atom. The molecule has 198 valence electrons.